The van der Waals surface area contributed by atoms with E-state index in [-0.39, 0.29) is 35.0 Å². The number of nitrogens with zero attached hydrogens (tertiary/aromatic N) is 2. The molecule has 3 N–H and O–H groups in total. The summed E-state index contributed by atoms with van der Waals surface area (Å²) in [7, 11) is 1.23. The molecule has 10 heteroatoms. The smallest absolute Gasteiger partial charge is 0.307 e. The average molecular weight is 509 g/mol. The number of fused-ring (bicyclic) bond motifs is 1. The van der Waals surface area contributed by atoms with Crippen molar-refractivity contribution in [1.82, 2.24) is 10.2 Å². The molecule has 1 saturated heterocycles. The van der Waals surface area contributed by atoms with Gasteiger partial charge >= 0.3 is 5.97 Å². The Morgan fingerprint density at radius 2 is 1.89 bits per heavy atom. The predicted molar refractivity (Wildman–Crippen MR) is 131 cm³/mol. The first-order valence-corrected chi connectivity index (χ1v) is 11.9. The van der Waals surface area contributed by atoms with Gasteiger partial charge in [0.15, 0.2) is 0 Å². The summed E-state index contributed by atoms with van der Waals surface area (Å²) in [4.78, 5) is 39.9. The largest absolute Gasteiger partial charge is 0.469 e. The van der Waals surface area contributed by atoms with Crippen molar-refractivity contribution < 1.29 is 19.1 Å². The van der Waals surface area contributed by atoms with Crippen molar-refractivity contribution >= 4 is 41.1 Å². The van der Waals surface area contributed by atoms with Gasteiger partial charge in [0.05, 0.1) is 41.7 Å². The number of rotatable bonds is 6. The highest BCUT2D eigenvalue weighted by Crippen LogP contribution is 2.50. The summed E-state index contributed by atoms with van der Waals surface area (Å²) in [6, 6.07) is 18.3. The van der Waals surface area contributed by atoms with Crippen molar-refractivity contribution in [2.45, 2.75) is 24.1 Å². The zero-order chi connectivity index (χ0) is 25.1. The number of carbonyl (C=O) groups excluding carboxylic acids is 3. The van der Waals surface area contributed by atoms with Gasteiger partial charge in [-0.3, -0.25) is 19.3 Å². The third kappa shape index (κ3) is 4.63. The molecule has 0 unspecified atom stereocenters. The fourth-order valence-electron chi connectivity index (χ4n) is 4.04. The average Bonchev–Trinajstić information content (AvgIpc) is 3.19. The topological polar surface area (TPSA) is 126 Å². The van der Waals surface area contributed by atoms with E-state index in [1.165, 1.54) is 7.11 Å². The second-order valence-corrected chi connectivity index (χ2v) is 9.41. The molecule has 2 aromatic rings. The van der Waals surface area contributed by atoms with E-state index in [0.717, 1.165) is 22.2 Å². The summed E-state index contributed by atoms with van der Waals surface area (Å²) in [5.74, 6) is -2.52. The van der Waals surface area contributed by atoms with Crippen LogP contribution in [0.5, 0.6) is 0 Å². The number of amides is 2. The number of methoxy groups -OCH3 is 1. The summed E-state index contributed by atoms with van der Waals surface area (Å²) >= 11 is 7.54. The van der Waals surface area contributed by atoms with E-state index in [1.807, 2.05) is 30.3 Å². The van der Waals surface area contributed by atoms with Crippen LogP contribution in [0, 0.1) is 11.3 Å². The van der Waals surface area contributed by atoms with Gasteiger partial charge in [0.2, 0.25) is 5.91 Å². The zero-order valence-electron chi connectivity index (χ0n) is 18.7. The maximum Gasteiger partial charge on any atom is 0.307 e. The van der Waals surface area contributed by atoms with Gasteiger partial charge in [-0.1, -0.05) is 71.9 Å². The van der Waals surface area contributed by atoms with Gasteiger partial charge in [-0.25, -0.2) is 0 Å². The number of allylic oxidation sites excluding steroid dienone is 1. The molecule has 2 amide bonds. The maximum absolute atomic E-state index is 13.6. The number of esters is 1. The molecule has 8 nitrogen and oxygen atoms in total. The molecule has 0 aromatic heterocycles. The molecule has 35 heavy (non-hydrogen) atoms. The third-order valence-corrected chi connectivity index (χ3v) is 7.36. The SMILES string of the molecule is COC(=O)C[C@@H]1SC2=C(C(=O)NCc3ccccc3)[C@@H](c3ccccc3Cl)C(C#N)=C(N)N2C1=O. The van der Waals surface area contributed by atoms with Crippen molar-refractivity contribution in [3.05, 3.63) is 92.7 Å². The number of halogens is 1. The lowest BCUT2D eigenvalue weighted by Gasteiger charge is -2.32. The van der Waals surface area contributed by atoms with Crippen LogP contribution in [0.2, 0.25) is 5.02 Å². The van der Waals surface area contributed by atoms with Crippen LogP contribution in [0.25, 0.3) is 0 Å². The first-order chi connectivity index (χ1) is 16.9. The molecule has 0 saturated carbocycles. The van der Waals surface area contributed by atoms with E-state index >= 15 is 0 Å². The Bertz CT molecular complexity index is 1300. The quantitative estimate of drug-likeness (QED) is 0.574. The van der Waals surface area contributed by atoms with Crippen molar-refractivity contribution in [2.24, 2.45) is 5.73 Å². The van der Waals surface area contributed by atoms with Crippen LogP contribution < -0.4 is 11.1 Å². The van der Waals surface area contributed by atoms with Gasteiger partial charge in [-0.05, 0) is 17.2 Å². The van der Waals surface area contributed by atoms with Gasteiger partial charge in [0.1, 0.15) is 11.1 Å². The predicted octanol–water partition coefficient (Wildman–Crippen LogP) is 3.17. The lowest BCUT2D eigenvalue weighted by molar-refractivity contribution is -0.142. The van der Waals surface area contributed by atoms with Crippen molar-refractivity contribution in [2.75, 3.05) is 7.11 Å². The molecular formula is C25H21ClN4O4S. The minimum atomic E-state index is -0.895. The highest BCUT2D eigenvalue weighted by molar-refractivity contribution is 8.04. The van der Waals surface area contributed by atoms with E-state index in [2.05, 4.69) is 11.4 Å². The first-order valence-electron chi connectivity index (χ1n) is 10.6. The highest BCUT2D eigenvalue weighted by Gasteiger charge is 2.48. The van der Waals surface area contributed by atoms with Crippen molar-refractivity contribution in [1.29, 1.82) is 5.26 Å². The second kappa shape index (κ2) is 10.3. The monoisotopic (exact) mass is 508 g/mol. The summed E-state index contributed by atoms with van der Waals surface area (Å²) in [5.41, 5.74) is 7.91. The molecular weight excluding hydrogens is 488 g/mol. The number of hydrogen-bond donors (Lipinski definition) is 2. The standard InChI is InChI=1S/C25H21ClN4O4S/c1-34-19(31)11-18-24(33)30-22(28)16(12-27)20(15-9-5-6-10-17(15)26)21(25(30)35-18)23(32)29-13-14-7-3-2-4-8-14/h2-10,18,20H,11,13,28H2,1H3,(H,29,32)/t18-,20-/m0/s1. The summed E-state index contributed by atoms with van der Waals surface area (Å²) in [6.07, 6.45) is -0.204. The molecule has 2 aliphatic heterocycles. The Morgan fingerprint density at radius 1 is 1.20 bits per heavy atom. The number of benzene rings is 2. The number of hydrogen-bond acceptors (Lipinski definition) is 7. The lowest BCUT2D eigenvalue weighted by atomic mass is 9.82. The molecule has 2 heterocycles. The number of carbonyl (C=O) groups is 3. The summed E-state index contributed by atoms with van der Waals surface area (Å²) < 4.78 is 4.72. The normalized spacial score (nSPS) is 19.3. The minimum absolute atomic E-state index is 0.0272. The van der Waals surface area contributed by atoms with Gasteiger partial charge in [0, 0.05) is 11.6 Å². The Labute approximate surface area is 211 Å². The van der Waals surface area contributed by atoms with E-state index in [9.17, 15) is 19.6 Å². The van der Waals surface area contributed by atoms with Gasteiger partial charge in [0.25, 0.3) is 5.91 Å². The minimum Gasteiger partial charge on any atom is -0.469 e. The number of ether oxygens (including phenoxy) is 1. The van der Waals surface area contributed by atoms with Gasteiger partial charge < -0.3 is 15.8 Å². The molecule has 2 aliphatic rings. The molecule has 2 aromatic carbocycles. The molecule has 0 aliphatic carbocycles. The van der Waals surface area contributed by atoms with Crippen LogP contribution in [0.15, 0.2) is 76.6 Å². The molecule has 4 rings (SSSR count). The van der Waals surface area contributed by atoms with E-state index in [4.69, 9.17) is 22.1 Å². The Morgan fingerprint density at radius 3 is 2.54 bits per heavy atom. The number of thioether (sulfide) groups is 1. The second-order valence-electron chi connectivity index (χ2n) is 7.81. The van der Waals surface area contributed by atoms with E-state index < -0.39 is 29.0 Å². The number of nitrogens with one attached hydrogen (secondary N) is 1. The fourth-order valence-corrected chi connectivity index (χ4v) is 5.61. The molecule has 2 atom stereocenters. The molecule has 0 radical (unpaired) electrons. The highest BCUT2D eigenvalue weighted by atomic mass is 35.5. The fraction of sp³-hybridized carbons (Fsp3) is 0.200. The molecule has 0 spiro atoms. The number of nitrogens with two attached hydrogens (primary N) is 1. The van der Waals surface area contributed by atoms with Crippen LogP contribution in [0.1, 0.15) is 23.5 Å². The van der Waals surface area contributed by atoms with Crippen LogP contribution in [0.4, 0.5) is 0 Å². The summed E-state index contributed by atoms with van der Waals surface area (Å²) in [5, 5.41) is 12.7. The molecule has 178 valence electrons. The van der Waals surface area contributed by atoms with Crippen LogP contribution >= 0.6 is 23.4 Å². The van der Waals surface area contributed by atoms with Crippen molar-refractivity contribution in [3.63, 3.8) is 0 Å². The van der Waals surface area contributed by atoms with E-state index in [0.29, 0.717) is 10.6 Å². The zero-order valence-corrected chi connectivity index (χ0v) is 20.2. The van der Waals surface area contributed by atoms with Crippen LogP contribution in [-0.2, 0) is 25.7 Å². The van der Waals surface area contributed by atoms with Crippen LogP contribution in [-0.4, -0.2) is 35.0 Å². The van der Waals surface area contributed by atoms with Crippen LogP contribution in [0.3, 0.4) is 0 Å². The van der Waals surface area contributed by atoms with Crippen molar-refractivity contribution in [3.8, 4) is 6.07 Å². The van der Waals surface area contributed by atoms with Gasteiger partial charge in [-0.15, -0.1) is 0 Å². The molecule has 1 fully saturated rings. The maximum atomic E-state index is 13.6. The lowest BCUT2D eigenvalue weighted by Crippen LogP contribution is -2.40. The Kier molecular flexibility index (Phi) is 7.15. The number of nitriles is 1. The third-order valence-electron chi connectivity index (χ3n) is 5.73. The first kappa shape index (κ1) is 24.4. The Balaban J connectivity index is 1.83. The summed E-state index contributed by atoms with van der Waals surface area (Å²) in [6.45, 7) is 0.233. The van der Waals surface area contributed by atoms with Gasteiger partial charge in [-0.2, -0.15) is 5.26 Å². The van der Waals surface area contributed by atoms with E-state index in [1.54, 1.807) is 24.3 Å². The molecule has 0 bridgehead atoms. The Hall–Kier alpha value is -3.74.